The Hall–Kier alpha value is -3.06. The molecule has 0 aromatic heterocycles. The van der Waals surface area contributed by atoms with Crippen molar-refractivity contribution < 1.29 is 19.1 Å². The second-order valence-corrected chi connectivity index (χ2v) is 8.02. The quantitative estimate of drug-likeness (QED) is 0.774. The summed E-state index contributed by atoms with van der Waals surface area (Å²) in [7, 11) is 3.24. The van der Waals surface area contributed by atoms with E-state index in [1.807, 2.05) is 52.3 Å². The third-order valence-electron chi connectivity index (χ3n) is 6.12. The molecule has 2 aliphatic heterocycles. The number of hydrogen-bond acceptors (Lipinski definition) is 5. The molecule has 1 N–H and O–H groups in total. The summed E-state index contributed by atoms with van der Waals surface area (Å²) in [6.07, 6.45) is 2.46. The third-order valence-corrected chi connectivity index (χ3v) is 6.12. The van der Waals surface area contributed by atoms with E-state index in [4.69, 9.17) is 9.47 Å². The van der Waals surface area contributed by atoms with E-state index in [2.05, 4.69) is 5.32 Å². The number of carbonyl (C=O) groups excluding carboxylic acids is 2. The zero-order valence-corrected chi connectivity index (χ0v) is 18.1. The lowest BCUT2D eigenvalue weighted by Crippen LogP contribution is -2.47. The predicted molar refractivity (Wildman–Crippen MR) is 118 cm³/mol. The number of rotatable bonds is 6. The molecule has 4 rings (SSSR count). The highest BCUT2D eigenvalue weighted by Gasteiger charge is 2.33. The van der Waals surface area contributed by atoms with Gasteiger partial charge in [-0.2, -0.15) is 0 Å². The molecule has 0 aliphatic carbocycles. The molecule has 2 aromatic rings. The SMILES string of the molecule is COc1cc2c(cc1OC)CN(C(=O)CN1CCC[C@@H]1C(=O)Nc1ccccc1)CC2. The molecule has 31 heavy (non-hydrogen) atoms. The molecule has 7 heteroatoms. The number of para-hydroxylation sites is 1. The van der Waals surface area contributed by atoms with E-state index in [0.29, 0.717) is 24.6 Å². The Bertz CT molecular complexity index is 947. The van der Waals surface area contributed by atoms with Crippen LogP contribution in [-0.4, -0.2) is 61.5 Å². The molecule has 2 amide bonds. The zero-order valence-electron chi connectivity index (χ0n) is 18.1. The van der Waals surface area contributed by atoms with Crippen molar-refractivity contribution in [1.82, 2.24) is 9.80 Å². The zero-order chi connectivity index (χ0) is 21.8. The average molecular weight is 424 g/mol. The molecule has 1 atom stereocenters. The summed E-state index contributed by atoms with van der Waals surface area (Å²) in [5.41, 5.74) is 3.04. The minimum Gasteiger partial charge on any atom is -0.493 e. The van der Waals surface area contributed by atoms with Crippen molar-refractivity contribution in [2.45, 2.75) is 31.8 Å². The van der Waals surface area contributed by atoms with Crippen LogP contribution in [0.1, 0.15) is 24.0 Å². The minimum atomic E-state index is -0.273. The van der Waals surface area contributed by atoms with Crippen molar-refractivity contribution >= 4 is 17.5 Å². The topological polar surface area (TPSA) is 71.1 Å². The first kappa shape index (κ1) is 21.2. The van der Waals surface area contributed by atoms with Crippen LogP contribution in [0.5, 0.6) is 11.5 Å². The summed E-state index contributed by atoms with van der Waals surface area (Å²) >= 11 is 0. The van der Waals surface area contributed by atoms with E-state index in [9.17, 15) is 9.59 Å². The van der Waals surface area contributed by atoms with Gasteiger partial charge >= 0.3 is 0 Å². The van der Waals surface area contributed by atoms with Crippen LogP contribution in [0.3, 0.4) is 0 Å². The van der Waals surface area contributed by atoms with Crippen LogP contribution in [-0.2, 0) is 22.6 Å². The van der Waals surface area contributed by atoms with Crippen LogP contribution in [0.25, 0.3) is 0 Å². The predicted octanol–water partition coefficient (Wildman–Crippen LogP) is 2.69. The molecule has 2 aromatic carbocycles. The van der Waals surface area contributed by atoms with E-state index in [1.165, 1.54) is 5.56 Å². The summed E-state index contributed by atoms with van der Waals surface area (Å²) in [4.78, 5) is 29.7. The first-order chi connectivity index (χ1) is 15.1. The molecular formula is C24H29N3O4. The molecule has 0 saturated carbocycles. The Morgan fingerprint density at radius 2 is 1.74 bits per heavy atom. The number of anilines is 1. The van der Waals surface area contributed by atoms with Crippen LogP contribution in [0.4, 0.5) is 5.69 Å². The van der Waals surface area contributed by atoms with Gasteiger partial charge in [-0.15, -0.1) is 0 Å². The molecule has 7 nitrogen and oxygen atoms in total. The highest BCUT2D eigenvalue weighted by Crippen LogP contribution is 2.33. The maximum Gasteiger partial charge on any atom is 0.241 e. The minimum absolute atomic E-state index is 0.0441. The Balaban J connectivity index is 1.39. The standard InChI is InChI=1S/C24H29N3O4/c1-30-21-13-17-10-12-27(15-18(17)14-22(21)31-2)23(28)16-26-11-6-9-20(26)24(29)25-19-7-4-3-5-8-19/h3-5,7-8,13-14,20H,6,9-12,15-16H2,1-2H3,(H,25,29)/t20-/m1/s1. The second-order valence-electron chi connectivity index (χ2n) is 8.02. The summed E-state index contributed by atoms with van der Waals surface area (Å²) in [5, 5.41) is 2.97. The Morgan fingerprint density at radius 3 is 2.45 bits per heavy atom. The highest BCUT2D eigenvalue weighted by atomic mass is 16.5. The van der Waals surface area contributed by atoms with Gasteiger partial charge in [0.2, 0.25) is 11.8 Å². The number of nitrogens with one attached hydrogen (secondary N) is 1. The normalized spacial score (nSPS) is 18.4. The number of ether oxygens (including phenoxy) is 2. The second kappa shape index (κ2) is 9.39. The lowest BCUT2D eigenvalue weighted by molar-refractivity contribution is -0.134. The van der Waals surface area contributed by atoms with Crippen molar-refractivity contribution in [3.8, 4) is 11.5 Å². The van der Waals surface area contributed by atoms with Crippen molar-refractivity contribution in [3.05, 3.63) is 53.6 Å². The average Bonchev–Trinajstić information content (AvgIpc) is 3.26. The number of hydrogen-bond donors (Lipinski definition) is 1. The maximum atomic E-state index is 13.1. The van der Waals surface area contributed by atoms with Gasteiger partial charge in [0.05, 0.1) is 26.8 Å². The van der Waals surface area contributed by atoms with Gasteiger partial charge in [0.15, 0.2) is 11.5 Å². The largest absolute Gasteiger partial charge is 0.493 e. The van der Waals surface area contributed by atoms with Gasteiger partial charge in [-0.3, -0.25) is 14.5 Å². The monoisotopic (exact) mass is 423 g/mol. The summed E-state index contributed by atoms with van der Waals surface area (Å²) in [6, 6.07) is 13.1. The molecular weight excluding hydrogens is 394 g/mol. The fourth-order valence-electron chi connectivity index (χ4n) is 4.43. The Labute approximate surface area is 182 Å². The smallest absolute Gasteiger partial charge is 0.241 e. The molecule has 0 radical (unpaired) electrons. The number of amides is 2. The van der Waals surface area contributed by atoms with E-state index >= 15 is 0 Å². The molecule has 0 spiro atoms. The van der Waals surface area contributed by atoms with Crippen LogP contribution in [0.15, 0.2) is 42.5 Å². The molecule has 164 valence electrons. The Morgan fingerprint density at radius 1 is 1.03 bits per heavy atom. The summed E-state index contributed by atoms with van der Waals surface area (Å²) in [6.45, 7) is 2.23. The first-order valence-electron chi connectivity index (χ1n) is 10.7. The molecule has 1 fully saturated rings. The lowest BCUT2D eigenvalue weighted by atomic mass is 9.98. The van der Waals surface area contributed by atoms with Gasteiger partial charge in [-0.25, -0.2) is 0 Å². The number of methoxy groups -OCH3 is 2. The highest BCUT2D eigenvalue weighted by molar-refractivity contribution is 5.95. The van der Waals surface area contributed by atoms with Crippen molar-refractivity contribution in [3.63, 3.8) is 0 Å². The fraction of sp³-hybridized carbons (Fsp3) is 0.417. The molecule has 2 heterocycles. The third kappa shape index (κ3) is 4.66. The Kier molecular flexibility index (Phi) is 6.42. The summed E-state index contributed by atoms with van der Waals surface area (Å²) < 4.78 is 10.8. The van der Waals surface area contributed by atoms with E-state index in [1.54, 1.807) is 14.2 Å². The van der Waals surface area contributed by atoms with Gasteiger partial charge in [0.1, 0.15) is 0 Å². The summed E-state index contributed by atoms with van der Waals surface area (Å²) in [5.74, 6) is 1.40. The fourth-order valence-corrected chi connectivity index (χ4v) is 4.43. The van der Waals surface area contributed by atoms with Crippen molar-refractivity contribution in [1.29, 1.82) is 0 Å². The molecule has 0 bridgehead atoms. The lowest BCUT2D eigenvalue weighted by Gasteiger charge is -2.32. The van der Waals surface area contributed by atoms with E-state index in [-0.39, 0.29) is 24.4 Å². The van der Waals surface area contributed by atoms with Crippen LogP contribution in [0.2, 0.25) is 0 Å². The molecule has 2 aliphatic rings. The van der Waals surface area contributed by atoms with Crippen LogP contribution in [0, 0.1) is 0 Å². The number of carbonyl (C=O) groups is 2. The molecule has 0 unspecified atom stereocenters. The maximum absolute atomic E-state index is 13.1. The van der Waals surface area contributed by atoms with Gasteiger partial charge in [0, 0.05) is 18.8 Å². The van der Waals surface area contributed by atoms with Crippen LogP contribution < -0.4 is 14.8 Å². The number of likely N-dealkylation sites (tertiary alicyclic amines) is 1. The van der Waals surface area contributed by atoms with Crippen molar-refractivity contribution in [2.75, 3.05) is 39.2 Å². The van der Waals surface area contributed by atoms with Gasteiger partial charge in [0.25, 0.3) is 0 Å². The van der Waals surface area contributed by atoms with Crippen molar-refractivity contribution in [2.24, 2.45) is 0 Å². The van der Waals surface area contributed by atoms with Crippen LogP contribution >= 0.6 is 0 Å². The number of nitrogens with zero attached hydrogens (tertiary/aromatic N) is 2. The number of benzene rings is 2. The van der Waals surface area contributed by atoms with Gasteiger partial charge in [-0.05, 0) is 61.2 Å². The van der Waals surface area contributed by atoms with Gasteiger partial charge < -0.3 is 19.7 Å². The first-order valence-corrected chi connectivity index (χ1v) is 10.7. The number of fused-ring (bicyclic) bond motifs is 1. The van der Waals surface area contributed by atoms with E-state index in [0.717, 1.165) is 37.1 Å². The molecule has 1 saturated heterocycles. The van der Waals surface area contributed by atoms with Gasteiger partial charge in [-0.1, -0.05) is 18.2 Å². The van der Waals surface area contributed by atoms with E-state index < -0.39 is 0 Å².